The predicted octanol–water partition coefficient (Wildman–Crippen LogP) is 6.11. The Kier molecular flexibility index (Phi) is 9.82. The molecule has 0 aliphatic rings. The van der Waals surface area contributed by atoms with E-state index in [1.807, 2.05) is 0 Å². The third-order valence-corrected chi connectivity index (χ3v) is 4.62. The molecule has 0 spiro atoms. The van der Waals surface area contributed by atoms with E-state index >= 15 is 0 Å². The van der Waals surface area contributed by atoms with Gasteiger partial charge in [-0.15, -0.1) is 0 Å². The van der Waals surface area contributed by atoms with Crippen LogP contribution in [0.15, 0.2) is 6.07 Å². The van der Waals surface area contributed by atoms with Gasteiger partial charge in [0.05, 0.1) is 29.5 Å². The molecule has 0 saturated carbocycles. The van der Waals surface area contributed by atoms with Gasteiger partial charge in [-0.2, -0.15) is 0 Å². The van der Waals surface area contributed by atoms with Crippen LogP contribution in [0.1, 0.15) is 45.4 Å². The molecule has 0 amide bonds. The molecule has 0 fully saturated rings. The largest absolute Gasteiger partial charge is 0.466 e. The lowest BCUT2D eigenvalue weighted by Crippen LogP contribution is -2.13. The van der Waals surface area contributed by atoms with Crippen LogP contribution in [0, 0.1) is 0 Å². The van der Waals surface area contributed by atoms with Crippen LogP contribution in [0.5, 0.6) is 5.75 Å². The van der Waals surface area contributed by atoms with Gasteiger partial charge in [0.1, 0.15) is 10.0 Å². The molecule has 1 aromatic carbocycles. The van der Waals surface area contributed by atoms with Crippen molar-refractivity contribution in [3.63, 3.8) is 0 Å². The van der Waals surface area contributed by atoms with E-state index in [0.29, 0.717) is 6.61 Å². The van der Waals surface area contributed by atoms with Gasteiger partial charge < -0.3 is 9.47 Å². The number of rotatable bonds is 9. The highest BCUT2D eigenvalue weighted by atomic mass is 35.5. The summed E-state index contributed by atoms with van der Waals surface area (Å²) in [6.07, 6.45) is 3.79. The Hall–Kier alpha value is -0.680. The maximum atomic E-state index is 11.8. The van der Waals surface area contributed by atoms with E-state index in [-0.39, 0.29) is 38.7 Å². The fraction of sp³-hybridized carbons (Fsp3) is 0.500. The second kappa shape index (κ2) is 11.0. The summed E-state index contributed by atoms with van der Waals surface area (Å²) in [5, 5.41) is 0.191. The van der Waals surface area contributed by atoms with Gasteiger partial charge in [-0.1, -0.05) is 72.6 Å². The third kappa shape index (κ3) is 7.06. The Balaban J connectivity index is 2.43. The number of hydrogen-bond acceptors (Lipinski definition) is 4. The summed E-state index contributed by atoms with van der Waals surface area (Å²) in [4.78, 5) is 23.4. The summed E-state index contributed by atoms with van der Waals surface area (Å²) < 4.78 is 10.1. The number of unbranched alkanes of at least 4 members (excludes halogenated alkanes) is 3. The normalized spacial score (nSPS) is 10.5. The van der Waals surface area contributed by atoms with Crippen molar-refractivity contribution in [2.45, 2.75) is 45.4 Å². The first-order valence-corrected chi connectivity index (χ1v) is 9.07. The molecule has 0 aliphatic carbocycles. The zero-order valence-corrected chi connectivity index (χ0v) is 16.2. The van der Waals surface area contributed by atoms with Gasteiger partial charge in [0, 0.05) is 0 Å². The topological polar surface area (TPSA) is 52.6 Å². The maximum Gasteiger partial charge on any atom is 0.311 e. The fourth-order valence-electron chi connectivity index (χ4n) is 1.80. The number of esters is 2. The standard InChI is InChI=1S/C16H18Cl4O4/c1-2-3-4-5-8-23-12(21)6-7-13(22)24-16-14(19)10(17)9-11(18)15(16)20/h9H,2-8H2,1H3. The van der Waals surface area contributed by atoms with Gasteiger partial charge in [-0.05, 0) is 12.5 Å². The van der Waals surface area contributed by atoms with Crippen LogP contribution in [0.2, 0.25) is 20.1 Å². The molecule has 0 aliphatic heterocycles. The quantitative estimate of drug-likeness (QED) is 0.211. The molecular weight excluding hydrogens is 398 g/mol. The van der Waals surface area contributed by atoms with Crippen LogP contribution < -0.4 is 4.74 Å². The zero-order valence-electron chi connectivity index (χ0n) is 13.2. The minimum atomic E-state index is -0.680. The van der Waals surface area contributed by atoms with Crippen LogP contribution in [-0.4, -0.2) is 18.5 Å². The number of benzene rings is 1. The summed E-state index contributed by atoms with van der Waals surface area (Å²) in [5.41, 5.74) is 0. The highest BCUT2D eigenvalue weighted by Gasteiger charge is 2.19. The first kappa shape index (κ1) is 21.4. The third-order valence-electron chi connectivity index (χ3n) is 3.08. The van der Waals surface area contributed by atoms with Crippen molar-refractivity contribution >= 4 is 58.3 Å². The minimum absolute atomic E-state index is 0.0158. The monoisotopic (exact) mass is 414 g/mol. The smallest absolute Gasteiger partial charge is 0.311 e. The first-order chi connectivity index (χ1) is 11.4. The lowest BCUT2D eigenvalue weighted by Gasteiger charge is -2.10. The molecule has 0 radical (unpaired) electrons. The molecule has 0 saturated heterocycles. The summed E-state index contributed by atoms with van der Waals surface area (Å²) in [6.45, 7) is 2.46. The van der Waals surface area contributed by atoms with Crippen LogP contribution >= 0.6 is 46.4 Å². The number of carbonyl (C=O) groups excluding carboxylic acids is 2. The molecule has 0 unspecified atom stereocenters. The average Bonchev–Trinajstić information content (AvgIpc) is 2.55. The minimum Gasteiger partial charge on any atom is -0.466 e. The van der Waals surface area contributed by atoms with Gasteiger partial charge in [0.2, 0.25) is 0 Å². The van der Waals surface area contributed by atoms with Gasteiger partial charge >= 0.3 is 11.9 Å². The zero-order chi connectivity index (χ0) is 18.1. The Morgan fingerprint density at radius 3 is 2.08 bits per heavy atom. The van der Waals surface area contributed by atoms with E-state index < -0.39 is 11.9 Å². The van der Waals surface area contributed by atoms with Gasteiger partial charge in [-0.3, -0.25) is 9.59 Å². The van der Waals surface area contributed by atoms with E-state index in [1.54, 1.807) is 0 Å². The van der Waals surface area contributed by atoms with Gasteiger partial charge in [-0.25, -0.2) is 0 Å². The predicted molar refractivity (Wildman–Crippen MR) is 96.5 cm³/mol. The van der Waals surface area contributed by atoms with Crippen molar-refractivity contribution in [2.75, 3.05) is 6.61 Å². The van der Waals surface area contributed by atoms with Crippen molar-refractivity contribution in [2.24, 2.45) is 0 Å². The number of halogens is 4. The van der Waals surface area contributed by atoms with Crippen molar-refractivity contribution in [1.82, 2.24) is 0 Å². The molecule has 4 nitrogen and oxygen atoms in total. The van der Waals surface area contributed by atoms with Crippen molar-refractivity contribution in [3.05, 3.63) is 26.2 Å². The number of carbonyl (C=O) groups is 2. The highest BCUT2D eigenvalue weighted by molar-refractivity contribution is 6.48. The molecule has 134 valence electrons. The van der Waals surface area contributed by atoms with Gasteiger partial charge in [0.25, 0.3) is 0 Å². The number of ether oxygens (including phenoxy) is 2. The van der Waals surface area contributed by atoms with Crippen molar-refractivity contribution in [1.29, 1.82) is 0 Å². The average molecular weight is 416 g/mol. The summed E-state index contributed by atoms with van der Waals surface area (Å²) >= 11 is 23.6. The molecule has 0 heterocycles. The van der Waals surface area contributed by atoms with E-state index in [1.165, 1.54) is 6.07 Å². The Bertz CT molecular complexity index is 564. The molecule has 0 aromatic heterocycles. The summed E-state index contributed by atoms with van der Waals surface area (Å²) in [7, 11) is 0. The lowest BCUT2D eigenvalue weighted by molar-refractivity contribution is -0.147. The maximum absolute atomic E-state index is 11.8. The molecule has 0 atom stereocenters. The van der Waals surface area contributed by atoms with Crippen LogP contribution in [0.25, 0.3) is 0 Å². The van der Waals surface area contributed by atoms with E-state index in [4.69, 9.17) is 55.9 Å². The second-order valence-corrected chi connectivity index (χ2v) is 6.62. The summed E-state index contributed by atoms with van der Waals surface area (Å²) in [5.74, 6) is -1.25. The molecule has 24 heavy (non-hydrogen) atoms. The lowest BCUT2D eigenvalue weighted by atomic mass is 10.2. The second-order valence-electron chi connectivity index (χ2n) is 5.05. The van der Waals surface area contributed by atoms with E-state index in [9.17, 15) is 9.59 Å². The Morgan fingerprint density at radius 2 is 1.50 bits per heavy atom. The fourth-order valence-corrected chi connectivity index (χ4v) is 2.67. The van der Waals surface area contributed by atoms with Crippen LogP contribution in [0.3, 0.4) is 0 Å². The summed E-state index contributed by atoms with van der Waals surface area (Å²) in [6, 6.07) is 1.35. The van der Waals surface area contributed by atoms with Gasteiger partial charge in [0.15, 0.2) is 5.75 Å². The molecule has 1 aromatic rings. The molecule has 0 bridgehead atoms. The van der Waals surface area contributed by atoms with Crippen molar-refractivity contribution < 1.29 is 19.1 Å². The Morgan fingerprint density at radius 1 is 0.917 bits per heavy atom. The van der Waals surface area contributed by atoms with E-state index in [0.717, 1.165) is 25.7 Å². The Labute approximate surface area is 161 Å². The SMILES string of the molecule is CCCCCCOC(=O)CCC(=O)Oc1c(Cl)c(Cl)cc(Cl)c1Cl. The molecular formula is C16H18Cl4O4. The molecule has 8 heteroatoms. The van der Waals surface area contributed by atoms with E-state index in [2.05, 4.69) is 6.92 Å². The van der Waals surface area contributed by atoms with Crippen LogP contribution in [0.4, 0.5) is 0 Å². The highest BCUT2D eigenvalue weighted by Crippen LogP contribution is 2.42. The van der Waals surface area contributed by atoms with Crippen molar-refractivity contribution in [3.8, 4) is 5.75 Å². The number of hydrogen-bond donors (Lipinski definition) is 0. The molecule has 0 N–H and O–H groups in total. The van der Waals surface area contributed by atoms with Crippen LogP contribution in [-0.2, 0) is 14.3 Å². The molecule has 1 rings (SSSR count). The first-order valence-electron chi connectivity index (χ1n) is 7.56.